The number of carbonyl (C=O) groups is 1. The molecule has 0 spiro atoms. The summed E-state index contributed by atoms with van der Waals surface area (Å²) in [4.78, 5) is 10.5. The Morgan fingerprint density at radius 1 is 1.43 bits per heavy atom. The summed E-state index contributed by atoms with van der Waals surface area (Å²) in [5.74, 6) is -1.82. The van der Waals surface area contributed by atoms with Gasteiger partial charge in [0.05, 0.1) is 0 Å². The van der Waals surface area contributed by atoms with E-state index < -0.39 is 11.6 Å². The van der Waals surface area contributed by atoms with Crippen molar-refractivity contribution in [1.29, 1.82) is 0 Å². The molecular weight excluding hydrogens is 186 g/mol. The molecule has 74 valence electrons. The van der Waals surface area contributed by atoms with Gasteiger partial charge in [-0.05, 0) is 24.1 Å². The van der Waals surface area contributed by atoms with Crippen molar-refractivity contribution in [3.8, 4) is 0 Å². The molecule has 0 heterocycles. The highest BCUT2D eigenvalue weighted by molar-refractivity contribution is 5.81. The average molecular weight is 196 g/mol. The van der Waals surface area contributed by atoms with Gasteiger partial charge in [-0.3, -0.25) is 4.79 Å². The largest absolute Gasteiger partial charge is 0.298 e. The molecule has 0 atom stereocenters. The van der Waals surface area contributed by atoms with Crippen molar-refractivity contribution < 1.29 is 13.6 Å². The van der Waals surface area contributed by atoms with Gasteiger partial charge < -0.3 is 0 Å². The van der Waals surface area contributed by atoms with Gasteiger partial charge in [0.15, 0.2) is 11.6 Å². The Morgan fingerprint density at radius 3 is 2.71 bits per heavy atom. The molecule has 0 aromatic heterocycles. The van der Waals surface area contributed by atoms with Gasteiger partial charge in [0.2, 0.25) is 0 Å². The van der Waals surface area contributed by atoms with Gasteiger partial charge in [0.25, 0.3) is 0 Å². The number of hydrogen-bond donors (Lipinski definition) is 0. The predicted molar refractivity (Wildman–Crippen MR) is 50.7 cm³/mol. The molecule has 0 saturated carbocycles. The van der Waals surface area contributed by atoms with Crippen LogP contribution in [0.2, 0.25) is 0 Å². The lowest BCUT2D eigenvalue weighted by molar-refractivity contribution is -0.104. The topological polar surface area (TPSA) is 17.1 Å². The first kappa shape index (κ1) is 10.6. The average Bonchev–Trinajstić information content (AvgIpc) is 2.20. The zero-order valence-corrected chi connectivity index (χ0v) is 7.76. The third-order valence-electron chi connectivity index (χ3n) is 1.88. The van der Waals surface area contributed by atoms with Crippen LogP contribution in [0, 0.1) is 11.6 Å². The first-order chi connectivity index (χ1) is 6.69. The summed E-state index contributed by atoms with van der Waals surface area (Å²) < 4.78 is 25.8. The van der Waals surface area contributed by atoms with Crippen LogP contribution >= 0.6 is 0 Å². The molecule has 0 fully saturated rings. The first-order valence-corrected chi connectivity index (χ1v) is 4.28. The van der Waals surface area contributed by atoms with E-state index in [-0.39, 0.29) is 5.56 Å². The number of rotatable bonds is 3. The second kappa shape index (κ2) is 4.65. The van der Waals surface area contributed by atoms with Crippen molar-refractivity contribution in [1.82, 2.24) is 0 Å². The maximum atomic E-state index is 13.1. The summed E-state index contributed by atoms with van der Waals surface area (Å²) in [5.41, 5.74) is 0.545. The van der Waals surface area contributed by atoms with E-state index in [9.17, 15) is 13.6 Å². The summed E-state index contributed by atoms with van der Waals surface area (Å²) in [6.45, 7) is 1.78. The highest BCUT2D eigenvalue weighted by Crippen LogP contribution is 2.15. The molecule has 1 nitrogen and oxygen atoms in total. The Kier molecular flexibility index (Phi) is 3.51. The van der Waals surface area contributed by atoms with Crippen LogP contribution in [-0.2, 0) is 4.79 Å². The number of benzene rings is 1. The molecule has 0 bridgehead atoms. The fourth-order valence-electron chi connectivity index (χ4n) is 1.05. The number of aldehydes is 1. The van der Waals surface area contributed by atoms with Crippen LogP contribution in [0.1, 0.15) is 18.9 Å². The van der Waals surface area contributed by atoms with Crippen molar-refractivity contribution in [3.63, 3.8) is 0 Å². The Hall–Kier alpha value is -1.51. The van der Waals surface area contributed by atoms with Crippen LogP contribution in [-0.4, -0.2) is 6.29 Å². The molecule has 0 N–H and O–H groups in total. The fourth-order valence-corrected chi connectivity index (χ4v) is 1.05. The Balaban J connectivity index is 3.13. The zero-order chi connectivity index (χ0) is 10.6. The molecule has 0 aliphatic rings. The molecule has 14 heavy (non-hydrogen) atoms. The minimum atomic E-state index is -0.916. The van der Waals surface area contributed by atoms with Crippen LogP contribution in [0.5, 0.6) is 0 Å². The van der Waals surface area contributed by atoms with E-state index >= 15 is 0 Å². The second-order valence-corrected chi connectivity index (χ2v) is 2.83. The van der Waals surface area contributed by atoms with Gasteiger partial charge in [-0.1, -0.05) is 19.1 Å². The van der Waals surface area contributed by atoms with E-state index in [2.05, 4.69) is 0 Å². The van der Waals surface area contributed by atoms with Crippen molar-refractivity contribution >= 4 is 12.4 Å². The summed E-state index contributed by atoms with van der Waals surface area (Å²) in [6, 6.07) is 3.87. The maximum Gasteiger partial charge on any atom is 0.166 e. The quantitative estimate of drug-likeness (QED) is 0.536. The molecule has 3 heteroatoms. The minimum absolute atomic E-state index is 0.106. The predicted octanol–water partition coefficient (Wildman–Crippen LogP) is 2.96. The molecule has 0 aliphatic carbocycles. The van der Waals surface area contributed by atoms with Crippen molar-refractivity contribution in [2.45, 2.75) is 13.3 Å². The lowest BCUT2D eigenvalue weighted by Crippen LogP contribution is -1.89. The maximum absolute atomic E-state index is 13.1. The molecular formula is C11H10F2O. The van der Waals surface area contributed by atoms with Crippen LogP contribution in [0.25, 0.3) is 6.08 Å². The second-order valence-electron chi connectivity index (χ2n) is 2.83. The lowest BCUT2D eigenvalue weighted by atomic mass is 10.1. The summed E-state index contributed by atoms with van der Waals surface area (Å²) in [7, 11) is 0. The van der Waals surface area contributed by atoms with Gasteiger partial charge in [-0.2, -0.15) is 0 Å². The van der Waals surface area contributed by atoms with Crippen LogP contribution in [0.15, 0.2) is 23.8 Å². The molecule has 0 unspecified atom stereocenters. The first-order valence-electron chi connectivity index (χ1n) is 4.28. The van der Waals surface area contributed by atoms with E-state index in [0.717, 1.165) is 6.07 Å². The van der Waals surface area contributed by atoms with Crippen LogP contribution < -0.4 is 0 Å². The number of halogens is 2. The third kappa shape index (κ3) is 2.25. The molecule has 0 aliphatic heterocycles. The smallest absolute Gasteiger partial charge is 0.166 e. The normalized spacial score (nSPS) is 11.5. The molecule has 1 aromatic rings. The molecule has 0 amide bonds. The van der Waals surface area contributed by atoms with Crippen molar-refractivity contribution in [3.05, 3.63) is 41.0 Å². The van der Waals surface area contributed by atoms with Gasteiger partial charge >= 0.3 is 0 Å². The number of allylic oxidation sites excluding steroid dienone is 1. The van der Waals surface area contributed by atoms with Crippen molar-refractivity contribution in [2.24, 2.45) is 0 Å². The standard InChI is InChI=1S/C11H10F2O/c1-2-8(7-14)6-9-4-3-5-10(12)11(9)13/h3-7H,2H2,1H3. The Bertz CT molecular complexity index is 370. The lowest BCUT2D eigenvalue weighted by Gasteiger charge is -1.99. The molecule has 0 saturated heterocycles. The van der Waals surface area contributed by atoms with E-state index in [1.165, 1.54) is 18.2 Å². The number of hydrogen-bond acceptors (Lipinski definition) is 1. The van der Waals surface area contributed by atoms with E-state index in [4.69, 9.17) is 0 Å². The highest BCUT2D eigenvalue weighted by Gasteiger charge is 2.05. The molecule has 1 aromatic carbocycles. The van der Waals surface area contributed by atoms with E-state index in [0.29, 0.717) is 18.3 Å². The van der Waals surface area contributed by atoms with Crippen LogP contribution in [0.4, 0.5) is 8.78 Å². The SMILES string of the molecule is CCC(C=O)=Cc1cccc(F)c1F. The van der Waals surface area contributed by atoms with Crippen LogP contribution in [0.3, 0.4) is 0 Å². The molecule has 1 rings (SSSR count). The van der Waals surface area contributed by atoms with Crippen molar-refractivity contribution in [2.75, 3.05) is 0 Å². The summed E-state index contributed by atoms with van der Waals surface area (Å²) >= 11 is 0. The Labute approximate surface area is 81.1 Å². The van der Waals surface area contributed by atoms with Gasteiger partial charge in [-0.15, -0.1) is 0 Å². The number of carbonyl (C=O) groups excluding carboxylic acids is 1. The minimum Gasteiger partial charge on any atom is -0.298 e. The summed E-state index contributed by atoms with van der Waals surface area (Å²) in [6.07, 6.45) is 2.50. The zero-order valence-electron chi connectivity index (χ0n) is 7.76. The van der Waals surface area contributed by atoms with Gasteiger partial charge in [0, 0.05) is 5.56 Å². The van der Waals surface area contributed by atoms with Gasteiger partial charge in [-0.25, -0.2) is 8.78 Å². The highest BCUT2D eigenvalue weighted by atomic mass is 19.2. The Morgan fingerprint density at radius 2 is 2.14 bits per heavy atom. The molecule has 0 radical (unpaired) electrons. The van der Waals surface area contributed by atoms with Gasteiger partial charge in [0.1, 0.15) is 6.29 Å². The third-order valence-corrected chi connectivity index (χ3v) is 1.88. The van der Waals surface area contributed by atoms with E-state index in [1.54, 1.807) is 6.92 Å². The monoisotopic (exact) mass is 196 g/mol. The van der Waals surface area contributed by atoms with E-state index in [1.807, 2.05) is 0 Å². The fraction of sp³-hybridized carbons (Fsp3) is 0.182. The summed E-state index contributed by atoms with van der Waals surface area (Å²) in [5, 5.41) is 0.